The van der Waals surface area contributed by atoms with E-state index in [-0.39, 0.29) is 5.56 Å². The molecule has 3 N–H and O–H groups in total. The number of para-hydroxylation sites is 1. The Morgan fingerprint density at radius 2 is 1.93 bits per heavy atom. The Morgan fingerprint density at radius 1 is 1.26 bits per heavy atom. The average Bonchev–Trinajstić information content (AvgIpc) is 2.63. The second-order valence-electron chi connectivity index (χ2n) is 6.21. The average molecular weight is 373 g/mol. The number of hydrogen-bond donors (Lipinski definition) is 3. The summed E-state index contributed by atoms with van der Waals surface area (Å²) in [6, 6.07) is 7.11. The SMILES string of the molecule is CCN(CC)CCNN=C(C)c1c(O)n(-c2ccccc2C)c(=O)[nH]c1=O. The van der Waals surface area contributed by atoms with Crippen LogP contribution >= 0.6 is 0 Å². The molecule has 0 spiro atoms. The maximum absolute atomic E-state index is 12.3. The van der Waals surface area contributed by atoms with Crippen molar-refractivity contribution >= 4 is 5.71 Å². The molecule has 8 heteroatoms. The number of hydrogen-bond acceptors (Lipinski definition) is 6. The summed E-state index contributed by atoms with van der Waals surface area (Å²) >= 11 is 0. The van der Waals surface area contributed by atoms with E-state index in [1.807, 2.05) is 19.1 Å². The minimum absolute atomic E-state index is 0.0341. The van der Waals surface area contributed by atoms with Gasteiger partial charge in [-0.2, -0.15) is 5.10 Å². The summed E-state index contributed by atoms with van der Waals surface area (Å²) in [5.74, 6) is -0.426. The van der Waals surface area contributed by atoms with Gasteiger partial charge < -0.3 is 15.4 Å². The van der Waals surface area contributed by atoms with Gasteiger partial charge in [-0.1, -0.05) is 32.0 Å². The van der Waals surface area contributed by atoms with E-state index in [0.29, 0.717) is 17.9 Å². The van der Waals surface area contributed by atoms with Crippen molar-refractivity contribution in [2.45, 2.75) is 27.7 Å². The van der Waals surface area contributed by atoms with Gasteiger partial charge in [0.1, 0.15) is 5.56 Å². The lowest BCUT2D eigenvalue weighted by Gasteiger charge is -2.17. The molecule has 2 aromatic rings. The second-order valence-corrected chi connectivity index (χ2v) is 6.21. The van der Waals surface area contributed by atoms with Crippen LogP contribution in [0.1, 0.15) is 31.9 Å². The van der Waals surface area contributed by atoms with Gasteiger partial charge in [-0.05, 0) is 38.6 Å². The van der Waals surface area contributed by atoms with Crippen molar-refractivity contribution in [2.24, 2.45) is 5.10 Å². The number of rotatable bonds is 8. The first-order chi connectivity index (χ1) is 12.9. The first-order valence-electron chi connectivity index (χ1n) is 9.04. The monoisotopic (exact) mass is 373 g/mol. The Kier molecular flexibility index (Phi) is 6.95. The maximum Gasteiger partial charge on any atom is 0.335 e. The molecule has 0 amide bonds. The lowest BCUT2D eigenvalue weighted by atomic mass is 10.1. The van der Waals surface area contributed by atoms with Crippen LogP contribution in [0.3, 0.4) is 0 Å². The summed E-state index contributed by atoms with van der Waals surface area (Å²) in [6.45, 7) is 10.9. The number of aromatic hydroxyl groups is 1. The molecule has 8 nitrogen and oxygen atoms in total. The number of aromatic nitrogens is 2. The molecule has 0 unspecified atom stereocenters. The van der Waals surface area contributed by atoms with E-state index in [9.17, 15) is 14.7 Å². The molecule has 0 atom stereocenters. The van der Waals surface area contributed by atoms with E-state index in [4.69, 9.17) is 0 Å². The van der Waals surface area contributed by atoms with Gasteiger partial charge in [0, 0.05) is 13.1 Å². The van der Waals surface area contributed by atoms with Crippen LogP contribution in [0.25, 0.3) is 5.69 Å². The molecular formula is C19H27N5O3. The van der Waals surface area contributed by atoms with E-state index in [0.717, 1.165) is 29.8 Å². The number of aryl methyl sites for hydroxylation is 1. The van der Waals surface area contributed by atoms with E-state index < -0.39 is 17.1 Å². The number of benzene rings is 1. The molecule has 0 saturated carbocycles. The third kappa shape index (κ3) is 4.65. The van der Waals surface area contributed by atoms with Gasteiger partial charge in [-0.3, -0.25) is 9.78 Å². The molecular weight excluding hydrogens is 346 g/mol. The fourth-order valence-corrected chi connectivity index (χ4v) is 2.87. The molecule has 146 valence electrons. The highest BCUT2D eigenvalue weighted by atomic mass is 16.3. The molecule has 0 bridgehead atoms. The Hall–Kier alpha value is -2.87. The van der Waals surface area contributed by atoms with Crippen LogP contribution in [0.5, 0.6) is 5.88 Å². The summed E-state index contributed by atoms with van der Waals surface area (Å²) in [5.41, 5.74) is 3.11. The molecule has 1 aromatic carbocycles. The zero-order valence-electron chi connectivity index (χ0n) is 16.2. The molecule has 0 aliphatic rings. The predicted octanol–water partition coefficient (Wildman–Crippen LogP) is 1.20. The second kappa shape index (κ2) is 9.18. The van der Waals surface area contributed by atoms with E-state index in [1.165, 1.54) is 0 Å². The minimum atomic E-state index is -0.696. The third-order valence-corrected chi connectivity index (χ3v) is 4.49. The molecule has 27 heavy (non-hydrogen) atoms. The fraction of sp³-hybridized carbons (Fsp3) is 0.421. The first-order valence-corrected chi connectivity index (χ1v) is 9.04. The van der Waals surface area contributed by atoms with Gasteiger partial charge in [0.2, 0.25) is 5.88 Å². The zero-order valence-corrected chi connectivity index (χ0v) is 16.2. The third-order valence-electron chi connectivity index (χ3n) is 4.49. The smallest absolute Gasteiger partial charge is 0.335 e. The van der Waals surface area contributed by atoms with Gasteiger partial charge >= 0.3 is 5.69 Å². The Labute approximate surface area is 158 Å². The molecule has 1 aromatic heterocycles. The molecule has 1 heterocycles. The summed E-state index contributed by atoms with van der Waals surface area (Å²) in [5, 5.41) is 14.8. The number of H-pyrrole nitrogens is 1. The van der Waals surface area contributed by atoms with Crippen molar-refractivity contribution in [1.82, 2.24) is 19.9 Å². The van der Waals surface area contributed by atoms with Gasteiger partial charge in [-0.25, -0.2) is 9.36 Å². The van der Waals surface area contributed by atoms with Crippen LogP contribution in [0.2, 0.25) is 0 Å². The number of likely N-dealkylation sites (N-methyl/N-ethyl adjacent to an activating group) is 1. The van der Waals surface area contributed by atoms with Crippen molar-refractivity contribution < 1.29 is 5.11 Å². The summed E-state index contributed by atoms with van der Waals surface area (Å²) in [6.07, 6.45) is 0. The highest BCUT2D eigenvalue weighted by Gasteiger charge is 2.18. The van der Waals surface area contributed by atoms with Gasteiger partial charge in [-0.15, -0.1) is 0 Å². The maximum atomic E-state index is 12.3. The Morgan fingerprint density at radius 3 is 2.56 bits per heavy atom. The number of nitrogens with one attached hydrogen (secondary N) is 2. The van der Waals surface area contributed by atoms with Crippen LogP contribution in [-0.4, -0.2) is 51.4 Å². The van der Waals surface area contributed by atoms with Gasteiger partial charge in [0.15, 0.2) is 0 Å². The van der Waals surface area contributed by atoms with E-state index >= 15 is 0 Å². The normalized spacial score (nSPS) is 11.8. The zero-order chi connectivity index (χ0) is 20.0. The lowest BCUT2D eigenvalue weighted by molar-refractivity contribution is 0.303. The minimum Gasteiger partial charge on any atom is -0.493 e. The van der Waals surface area contributed by atoms with E-state index in [1.54, 1.807) is 19.1 Å². The van der Waals surface area contributed by atoms with Crippen LogP contribution in [0, 0.1) is 6.92 Å². The van der Waals surface area contributed by atoms with Crippen LogP contribution in [-0.2, 0) is 0 Å². The predicted molar refractivity (Wildman–Crippen MR) is 107 cm³/mol. The Bertz CT molecular complexity index is 926. The van der Waals surface area contributed by atoms with Crippen LogP contribution < -0.4 is 16.7 Å². The standard InChI is InChI=1S/C19H27N5O3/c1-5-23(6-2)12-11-20-22-14(4)16-17(25)21-19(27)24(18(16)26)15-10-8-7-9-13(15)3/h7-10,20,26H,5-6,11-12H2,1-4H3,(H,21,25,27). The summed E-state index contributed by atoms with van der Waals surface area (Å²) < 4.78 is 1.08. The highest BCUT2D eigenvalue weighted by molar-refractivity contribution is 6.00. The fourth-order valence-electron chi connectivity index (χ4n) is 2.87. The van der Waals surface area contributed by atoms with Crippen molar-refractivity contribution in [1.29, 1.82) is 0 Å². The molecule has 0 saturated heterocycles. The molecule has 0 aliphatic heterocycles. The lowest BCUT2D eigenvalue weighted by Crippen LogP contribution is -2.34. The molecule has 0 fully saturated rings. The number of hydrazone groups is 1. The Balaban J connectivity index is 2.36. The van der Waals surface area contributed by atoms with Gasteiger partial charge in [0.25, 0.3) is 5.56 Å². The largest absolute Gasteiger partial charge is 0.493 e. The number of nitrogens with zero attached hydrogens (tertiary/aromatic N) is 3. The van der Waals surface area contributed by atoms with Crippen LogP contribution in [0.15, 0.2) is 39.0 Å². The van der Waals surface area contributed by atoms with Crippen molar-refractivity contribution in [3.63, 3.8) is 0 Å². The van der Waals surface area contributed by atoms with E-state index in [2.05, 4.69) is 34.3 Å². The molecule has 0 aliphatic carbocycles. The highest BCUT2D eigenvalue weighted by Crippen LogP contribution is 2.19. The van der Waals surface area contributed by atoms with Crippen molar-refractivity contribution in [2.75, 3.05) is 26.2 Å². The van der Waals surface area contributed by atoms with Crippen molar-refractivity contribution in [3.05, 3.63) is 56.2 Å². The van der Waals surface area contributed by atoms with Gasteiger partial charge in [0.05, 0.1) is 11.4 Å². The topological polar surface area (TPSA) is 103 Å². The summed E-state index contributed by atoms with van der Waals surface area (Å²) in [4.78, 5) is 29.0. The van der Waals surface area contributed by atoms with Crippen molar-refractivity contribution in [3.8, 4) is 11.6 Å². The summed E-state index contributed by atoms with van der Waals surface area (Å²) in [7, 11) is 0. The first kappa shape index (κ1) is 20.4. The molecule has 2 rings (SSSR count). The number of aromatic amines is 1. The molecule has 0 radical (unpaired) electrons. The quantitative estimate of drug-likeness (QED) is 0.366. The van der Waals surface area contributed by atoms with Crippen LogP contribution in [0.4, 0.5) is 0 Å².